The van der Waals surface area contributed by atoms with E-state index in [0.29, 0.717) is 9.48 Å². The molecule has 1 N–H and O–H groups in total. The van der Waals surface area contributed by atoms with E-state index in [1.54, 1.807) is 6.07 Å². The predicted molar refractivity (Wildman–Crippen MR) is 162 cm³/mol. The zero-order valence-electron chi connectivity index (χ0n) is 33.6. The quantitative estimate of drug-likeness (QED) is 0.223. The predicted octanol–water partition coefficient (Wildman–Crippen LogP) is 6.01. The normalized spacial score (nSPS) is 31.6. The van der Waals surface area contributed by atoms with E-state index in [4.69, 9.17) is 15.1 Å². The highest BCUT2D eigenvalue weighted by Gasteiger charge is 2.45. The van der Waals surface area contributed by atoms with E-state index in [9.17, 15) is 14.3 Å². The lowest BCUT2D eigenvalue weighted by atomic mass is 9.85. The average molecular weight is 613 g/mol. The molecule has 7 rings (SSSR count). The Hall–Kier alpha value is -4.16. The summed E-state index contributed by atoms with van der Waals surface area (Å²) in [4.78, 5) is 13.2. The van der Waals surface area contributed by atoms with E-state index in [0.717, 1.165) is 38.1 Å². The largest absolute Gasteiger partial charge is 0.478 e. The molecule has 218 valence electrons. The number of benzene rings is 3. The number of carboxylic acids is 1. The van der Waals surface area contributed by atoms with Crippen LogP contribution in [-0.4, -0.2) is 47.4 Å². The van der Waals surface area contributed by atoms with Gasteiger partial charge in [-0.2, -0.15) is 0 Å². The molecule has 1 atom stereocenters. The van der Waals surface area contributed by atoms with Crippen molar-refractivity contribution in [3.05, 3.63) is 117 Å². The van der Waals surface area contributed by atoms with Crippen molar-refractivity contribution in [2.45, 2.75) is 20.2 Å². The summed E-state index contributed by atoms with van der Waals surface area (Å²) in [6, 6.07) is 11.0. The van der Waals surface area contributed by atoms with Crippen molar-refractivity contribution in [1.29, 1.82) is 0 Å². The minimum absolute atomic E-state index is 0.0613. The lowest BCUT2D eigenvalue weighted by Gasteiger charge is -2.40. The van der Waals surface area contributed by atoms with E-state index < -0.39 is 91.1 Å². The van der Waals surface area contributed by atoms with Crippen molar-refractivity contribution >= 4 is 40.7 Å². The Balaban J connectivity index is 1.66. The number of anilines is 1. The van der Waals surface area contributed by atoms with Crippen molar-refractivity contribution in [3.63, 3.8) is 0 Å². The number of halogens is 3. The van der Waals surface area contributed by atoms with Crippen LogP contribution in [0, 0.1) is 30.3 Å². The fraction of sp³-hybridized carbons (Fsp3) is 0.235. The zero-order valence-corrected chi connectivity index (χ0v) is 23.5. The van der Waals surface area contributed by atoms with Crippen LogP contribution in [0.4, 0.5) is 18.9 Å². The summed E-state index contributed by atoms with van der Waals surface area (Å²) in [6.45, 7) is -9.31. The molecule has 0 radical (unpaired) electrons. The Morgan fingerprint density at radius 1 is 1.07 bits per heavy atom. The third kappa shape index (κ3) is 4.03. The van der Waals surface area contributed by atoms with Gasteiger partial charge in [-0.15, -0.1) is 0 Å². The molecule has 3 aromatic carbocycles. The van der Waals surface area contributed by atoms with Gasteiger partial charge >= 0.3 is 5.97 Å². The van der Waals surface area contributed by atoms with Crippen molar-refractivity contribution < 1.29 is 47.3 Å². The lowest BCUT2D eigenvalue weighted by molar-refractivity contribution is -0.582. The summed E-state index contributed by atoms with van der Waals surface area (Å²) in [6.07, 6.45) is 0.286. The molecule has 0 bridgehead atoms. The summed E-state index contributed by atoms with van der Waals surface area (Å²) < 4.78 is 156. The van der Waals surface area contributed by atoms with Gasteiger partial charge in [0.25, 0.3) is 0 Å². The molecule has 1 unspecified atom stereocenters. The first-order chi connectivity index (χ1) is 24.7. The van der Waals surface area contributed by atoms with Crippen molar-refractivity contribution in [2.75, 3.05) is 30.9 Å². The number of fused-ring (bicyclic) bond motifs is 2. The molecule has 0 saturated carbocycles. The number of aromatic carboxylic acids is 1. The molecule has 3 aliphatic heterocycles. The molecule has 3 aromatic rings. The third-order valence-corrected chi connectivity index (χ3v) is 10.8. The van der Waals surface area contributed by atoms with E-state index >= 15 is 13.3 Å². The summed E-state index contributed by atoms with van der Waals surface area (Å²) in [5.74, 6) is -9.55. The maximum Gasteiger partial charge on any atom is 0.339 e. The van der Waals surface area contributed by atoms with Crippen LogP contribution < -0.4 is 15.5 Å². The van der Waals surface area contributed by atoms with Crippen molar-refractivity contribution in [3.8, 4) is 0 Å². The molecule has 2 fully saturated rings. The first-order valence-electron chi connectivity index (χ1n) is 18.6. The van der Waals surface area contributed by atoms with Crippen LogP contribution in [0.2, 0.25) is 0 Å². The van der Waals surface area contributed by atoms with E-state index in [-0.39, 0.29) is 38.5 Å². The van der Waals surface area contributed by atoms with Crippen LogP contribution in [0.5, 0.6) is 0 Å². The minimum Gasteiger partial charge on any atom is -0.478 e. The van der Waals surface area contributed by atoms with Crippen LogP contribution in [0.25, 0.3) is 5.57 Å². The Morgan fingerprint density at radius 2 is 1.79 bits per heavy atom. The average Bonchev–Trinajstić information content (AvgIpc) is 3.09. The minimum atomic E-state index is -4.47. The summed E-state index contributed by atoms with van der Waals surface area (Å²) in [5, 5.41) is 9.64. The summed E-state index contributed by atoms with van der Waals surface area (Å²) in [7, 11) is -4.47. The SMILES string of the molecule is [2H]C1([2H])N(c2ccc3c(c2)P(=O)(c2ccccc2)C2=CC(=[N+]4C([2H])([2H])C([2H])([2H])C4([2H])[2H])C=CC2=C3c2c(F)c(C)c(F)c(F)c2C(=O)O)C([2H])([2H])C1([2H])C. The Kier molecular flexibility index (Phi) is 4.13. The van der Waals surface area contributed by atoms with Gasteiger partial charge in [0.2, 0.25) is 5.71 Å². The molecule has 3 heterocycles. The molecular formula is C34H29F3N2O3P+. The van der Waals surface area contributed by atoms with E-state index in [1.165, 1.54) is 36.4 Å². The molecule has 1 aliphatic carbocycles. The molecule has 0 spiro atoms. The molecule has 4 aliphatic rings. The zero-order chi connectivity index (χ0) is 40.1. The Labute approximate surface area is 262 Å². The highest BCUT2D eigenvalue weighted by molar-refractivity contribution is 7.83. The summed E-state index contributed by atoms with van der Waals surface area (Å²) in [5.41, 5.74) is -4.69. The number of hydrogen-bond donors (Lipinski definition) is 1. The second kappa shape index (κ2) is 9.95. The lowest BCUT2D eigenvalue weighted by Crippen LogP contribution is -2.45. The van der Waals surface area contributed by atoms with Crippen LogP contribution >= 0.6 is 7.14 Å². The molecule has 5 nitrogen and oxygen atoms in total. The standard InChI is InChI=1S/C34H28F3N2O3P/c1-19-17-39(18-19)22-10-12-25-27(16-22)43(42,23-7-4-3-5-8-23)26-15-21(38-13-6-14-38)9-11-24(26)28(25)29-30(34(40)41)33(37)32(36)20(2)31(29)35/h3-5,7-12,15-16,19H,6,13-14,17-18H2,1-2H3/p+1/i6D2,13D2,14D2,17D2,18D2,19D. The second-order valence-electron chi connectivity index (χ2n) is 10.2. The smallest absolute Gasteiger partial charge is 0.339 e. The topological polar surface area (TPSA) is 60.6 Å². The molecule has 0 aromatic heterocycles. The van der Waals surface area contributed by atoms with Gasteiger partial charge < -0.3 is 14.6 Å². The number of rotatable bonds is 4. The maximum atomic E-state index is 16.4. The first-order valence-corrected chi connectivity index (χ1v) is 14.8. The Morgan fingerprint density at radius 3 is 2.49 bits per heavy atom. The summed E-state index contributed by atoms with van der Waals surface area (Å²) >= 11 is 0. The highest BCUT2D eigenvalue weighted by Crippen LogP contribution is 2.62. The molecule has 2 saturated heterocycles. The molecule has 0 amide bonds. The van der Waals surface area contributed by atoms with E-state index in [1.807, 2.05) is 0 Å². The van der Waals surface area contributed by atoms with Gasteiger partial charge in [0.15, 0.2) is 18.8 Å². The number of carbonyl (C=O) groups is 1. The maximum absolute atomic E-state index is 16.4. The highest BCUT2D eigenvalue weighted by atomic mass is 31.2. The first kappa shape index (κ1) is 17.8. The van der Waals surface area contributed by atoms with Gasteiger partial charge in [-0.05, 0) is 42.2 Å². The van der Waals surface area contributed by atoms with Gasteiger partial charge in [0.05, 0.1) is 6.37 Å². The molecule has 43 heavy (non-hydrogen) atoms. The van der Waals surface area contributed by atoms with Crippen LogP contribution in [0.15, 0.2) is 77.6 Å². The van der Waals surface area contributed by atoms with Crippen molar-refractivity contribution in [2.24, 2.45) is 5.89 Å². The molecular weight excluding hydrogens is 572 g/mol. The van der Waals surface area contributed by atoms with Crippen molar-refractivity contribution in [1.82, 2.24) is 0 Å². The fourth-order valence-corrected chi connectivity index (χ4v) is 8.73. The second-order valence-corrected chi connectivity index (χ2v) is 12.9. The molecule has 9 heteroatoms. The number of carboxylic acid groups (broad SMARTS) is 1. The number of hydrogen-bond acceptors (Lipinski definition) is 3. The number of nitrogens with zero attached hydrogens (tertiary/aromatic N) is 2. The third-order valence-electron chi connectivity index (χ3n) is 7.71. The van der Waals surface area contributed by atoms with Gasteiger partial charge in [-0.25, -0.2) is 22.5 Å². The van der Waals surface area contributed by atoms with Crippen LogP contribution in [-0.2, 0) is 4.57 Å². The van der Waals surface area contributed by atoms with Gasteiger partial charge in [0, 0.05) is 73.1 Å². The van der Waals surface area contributed by atoms with Crippen LogP contribution in [0.3, 0.4) is 0 Å². The van der Waals surface area contributed by atoms with Gasteiger partial charge in [-0.3, -0.25) is 0 Å². The fourth-order valence-electron chi connectivity index (χ4n) is 5.64. The van der Waals surface area contributed by atoms with Gasteiger partial charge in [0.1, 0.15) is 29.9 Å². The monoisotopic (exact) mass is 612 g/mol. The van der Waals surface area contributed by atoms with E-state index in [2.05, 4.69) is 0 Å². The van der Waals surface area contributed by atoms with Gasteiger partial charge in [-0.1, -0.05) is 43.3 Å². The Bertz CT molecular complexity index is 2390. The number of allylic oxidation sites excluding steroid dienone is 5. The van der Waals surface area contributed by atoms with Crippen LogP contribution in [0.1, 0.15) is 55.4 Å².